The molecule has 0 bridgehead atoms. The molecule has 1 fully saturated rings. The molecule has 0 atom stereocenters. The van der Waals surface area contributed by atoms with Crippen molar-refractivity contribution in [3.63, 3.8) is 0 Å². The first kappa shape index (κ1) is 20.7. The van der Waals surface area contributed by atoms with Crippen LogP contribution in [-0.2, 0) is 21.4 Å². The Morgan fingerprint density at radius 1 is 1.13 bits per heavy atom. The lowest BCUT2D eigenvalue weighted by Crippen LogP contribution is -2.51. The average molecular weight is 447 g/mol. The van der Waals surface area contributed by atoms with Crippen LogP contribution in [0.25, 0.3) is 11.0 Å². The van der Waals surface area contributed by atoms with Gasteiger partial charge in [-0.1, -0.05) is 12.1 Å². The van der Waals surface area contributed by atoms with Crippen molar-refractivity contribution >= 4 is 38.3 Å². The summed E-state index contributed by atoms with van der Waals surface area (Å²) in [5.41, 5.74) is 0.900. The summed E-state index contributed by atoms with van der Waals surface area (Å²) in [6, 6.07) is 8.86. The zero-order chi connectivity index (χ0) is 21.5. The molecule has 2 aromatic heterocycles. The Hall–Kier alpha value is -2.56. The van der Waals surface area contributed by atoms with Crippen LogP contribution in [0.15, 0.2) is 46.2 Å². The zero-order valence-corrected chi connectivity index (χ0v) is 18.4. The molecule has 1 aliphatic heterocycles. The largest absolute Gasteiger partial charge is 0.338 e. The van der Waals surface area contributed by atoms with E-state index in [1.807, 2.05) is 13.0 Å². The molecule has 0 radical (unpaired) electrons. The maximum Gasteiger partial charge on any atom is 0.269 e. The number of aromatic nitrogens is 2. The first-order chi connectivity index (χ1) is 14.3. The maximum absolute atomic E-state index is 13.0. The van der Waals surface area contributed by atoms with E-state index in [1.54, 1.807) is 36.1 Å². The number of rotatable bonds is 4. The zero-order valence-electron chi connectivity index (χ0n) is 16.7. The summed E-state index contributed by atoms with van der Waals surface area (Å²) in [5, 5.41) is 0. The number of hydrogen-bond donors (Lipinski definition) is 0. The lowest BCUT2D eigenvalue weighted by molar-refractivity contribution is -0.133. The first-order valence-electron chi connectivity index (χ1n) is 9.57. The van der Waals surface area contributed by atoms with E-state index in [2.05, 4.69) is 4.98 Å². The van der Waals surface area contributed by atoms with Gasteiger partial charge in [-0.15, -0.1) is 11.3 Å². The van der Waals surface area contributed by atoms with E-state index in [1.165, 1.54) is 26.4 Å². The van der Waals surface area contributed by atoms with E-state index >= 15 is 0 Å². The molecule has 0 saturated carbocycles. The number of sulfonamides is 1. The van der Waals surface area contributed by atoms with Crippen molar-refractivity contribution in [1.29, 1.82) is 0 Å². The molecule has 10 heteroatoms. The molecule has 0 spiro atoms. The minimum absolute atomic E-state index is 0.0998. The van der Waals surface area contributed by atoms with Gasteiger partial charge in [-0.3, -0.25) is 14.2 Å². The second-order valence-electron chi connectivity index (χ2n) is 7.23. The fourth-order valence-electron chi connectivity index (χ4n) is 3.69. The van der Waals surface area contributed by atoms with Gasteiger partial charge in [0.1, 0.15) is 6.54 Å². The van der Waals surface area contributed by atoms with Gasteiger partial charge >= 0.3 is 0 Å². The van der Waals surface area contributed by atoms with Gasteiger partial charge in [0.2, 0.25) is 15.9 Å². The normalized spacial score (nSPS) is 15.6. The first-order valence-corrected chi connectivity index (χ1v) is 11.8. The Morgan fingerprint density at radius 3 is 2.50 bits per heavy atom. The van der Waals surface area contributed by atoms with E-state index < -0.39 is 10.0 Å². The Morgan fingerprint density at radius 2 is 1.83 bits per heavy atom. The van der Waals surface area contributed by atoms with Crippen LogP contribution in [-0.4, -0.2) is 59.3 Å². The molecule has 1 aliphatic rings. The van der Waals surface area contributed by atoms with Gasteiger partial charge in [-0.05, 0) is 32.0 Å². The van der Waals surface area contributed by atoms with Crippen molar-refractivity contribution < 1.29 is 13.2 Å². The number of carbonyl (C=O) groups is 1. The predicted octanol–water partition coefficient (Wildman–Crippen LogP) is 1.61. The van der Waals surface area contributed by atoms with Crippen LogP contribution in [0.1, 0.15) is 9.75 Å². The van der Waals surface area contributed by atoms with Crippen molar-refractivity contribution in [1.82, 2.24) is 18.8 Å². The Balaban J connectivity index is 1.47. The highest BCUT2D eigenvalue weighted by atomic mass is 32.2. The van der Waals surface area contributed by atoms with Crippen LogP contribution in [0, 0.1) is 13.8 Å². The summed E-state index contributed by atoms with van der Waals surface area (Å²) >= 11 is 1.46. The SMILES string of the molecule is Cc1cc(S(=O)(=O)N2CCN(C(=O)Cn3c(=O)cnc4ccccc43)CC2)c(C)s1. The molecule has 3 heterocycles. The third kappa shape index (κ3) is 3.78. The number of thiophene rings is 1. The second kappa shape index (κ2) is 7.93. The second-order valence-corrected chi connectivity index (χ2v) is 10.6. The predicted molar refractivity (Wildman–Crippen MR) is 115 cm³/mol. The Kier molecular flexibility index (Phi) is 5.48. The van der Waals surface area contributed by atoms with E-state index in [9.17, 15) is 18.0 Å². The van der Waals surface area contributed by atoms with Gasteiger partial charge in [-0.2, -0.15) is 4.31 Å². The van der Waals surface area contributed by atoms with Gasteiger partial charge in [0.25, 0.3) is 5.56 Å². The summed E-state index contributed by atoms with van der Waals surface area (Å²) in [7, 11) is -3.57. The van der Waals surface area contributed by atoms with Crippen LogP contribution in [0.4, 0.5) is 0 Å². The third-order valence-corrected chi connectivity index (χ3v) is 8.37. The fourth-order valence-corrected chi connectivity index (χ4v) is 6.64. The van der Waals surface area contributed by atoms with Gasteiger partial charge in [-0.25, -0.2) is 13.4 Å². The number of fused-ring (bicyclic) bond motifs is 1. The maximum atomic E-state index is 13.0. The van der Waals surface area contributed by atoms with Crippen LogP contribution >= 0.6 is 11.3 Å². The molecule has 30 heavy (non-hydrogen) atoms. The number of benzene rings is 1. The summed E-state index contributed by atoms with van der Waals surface area (Å²) in [6.45, 7) is 4.63. The number of piperazine rings is 1. The minimum atomic E-state index is -3.57. The number of para-hydroxylation sites is 2. The van der Waals surface area contributed by atoms with Gasteiger partial charge in [0, 0.05) is 35.9 Å². The number of amides is 1. The number of carbonyl (C=O) groups excluding carboxylic acids is 1. The topological polar surface area (TPSA) is 92.6 Å². The van der Waals surface area contributed by atoms with Crippen molar-refractivity contribution in [3.05, 3.63) is 56.6 Å². The summed E-state index contributed by atoms with van der Waals surface area (Å²) < 4.78 is 28.8. The lowest BCUT2D eigenvalue weighted by atomic mass is 10.3. The summed E-state index contributed by atoms with van der Waals surface area (Å²) in [6.07, 6.45) is 1.21. The molecule has 0 aliphatic carbocycles. The summed E-state index contributed by atoms with van der Waals surface area (Å²) in [4.78, 5) is 32.9. The molecule has 8 nitrogen and oxygen atoms in total. The molecule has 1 amide bonds. The Labute approximate surface area is 178 Å². The molecular formula is C20H22N4O4S2. The summed E-state index contributed by atoms with van der Waals surface area (Å²) in [5.74, 6) is -0.215. The number of hydrogen-bond acceptors (Lipinski definition) is 6. The van der Waals surface area contributed by atoms with Crippen molar-refractivity contribution in [2.75, 3.05) is 26.2 Å². The van der Waals surface area contributed by atoms with Crippen molar-refractivity contribution in [3.8, 4) is 0 Å². The molecule has 0 N–H and O–H groups in total. The standard InChI is InChI=1S/C20H22N4O4S2/c1-14-11-18(15(2)29-14)30(27,28)23-9-7-22(8-10-23)20(26)13-24-17-6-4-3-5-16(17)21-12-19(24)25/h3-6,11-12H,7-10,13H2,1-2H3. The number of nitrogens with zero attached hydrogens (tertiary/aromatic N) is 4. The van der Waals surface area contributed by atoms with Crippen LogP contribution in [0.3, 0.4) is 0 Å². The van der Waals surface area contributed by atoms with Crippen LogP contribution in [0.2, 0.25) is 0 Å². The molecule has 3 aromatic rings. The van der Waals surface area contributed by atoms with Crippen LogP contribution in [0.5, 0.6) is 0 Å². The molecular weight excluding hydrogens is 424 g/mol. The molecule has 1 aromatic carbocycles. The smallest absolute Gasteiger partial charge is 0.269 e. The monoisotopic (exact) mass is 446 g/mol. The highest BCUT2D eigenvalue weighted by Crippen LogP contribution is 2.28. The Bertz CT molecular complexity index is 1270. The molecule has 1 saturated heterocycles. The molecule has 4 rings (SSSR count). The van der Waals surface area contributed by atoms with E-state index in [0.29, 0.717) is 15.9 Å². The van der Waals surface area contributed by atoms with E-state index in [4.69, 9.17) is 0 Å². The van der Waals surface area contributed by atoms with E-state index in [-0.39, 0.29) is 44.2 Å². The number of aryl methyl sites for hydroxylation is 2. The highest BCUT2D eigenvalue weighted by Gasteiger charge is 2.32. The van der Waals surface area contributed by atoms with Crippen LogP contribution < -0.4 is 5.56 Å². The van der Waals surface area contributed by atoms with E-state index in [0.717, 1.165) is 9.75 Å². The van der Waals surface area contributed by atoms with Gasteiger partial charge < -0.3 is 4.90 Å². The average Bonchev–Trinajstić information content (AvgIpc) is 3.09. The third-order valence-electron chi connectivity index (χ3n) is 5.25. The van der Waals surface area contributed by atoms with Gasteiger partial charge in [0.05, 0.1) is 22.1 Å². The van der Waals surface area contributed by atoms with Gasteiger partial charge in [0.15, 0.2) is 0 Å². The minimum Gasteiger partial charge on any atom is -0.338 e. The molecule has 0 unspecified atom stereocenters. The van der Waals surface area contributed by atoms with Crippen molar-refractivity contribution in [2.24, 2.45) is 0 Å². The fraction of sp³-hybridized carbons (Fsp3) is 0.350. The highest BCUT2D eigenvalue weighted by molar-refractivity contribution is 7.89. The molecule has 158 valence electrons. The van der Waals surface area contributed by atoms with Crippen molar-refractivity contribution in [2.45, 2.75) is 25.3 Å². The quantitative estimate of drug-likeness (QED) is 0.607. The lowest BCUT2D eigenvalue weighted by Gasteiger charge is -2.34.